The van der Waals surface area contributed by atoms with Gasteiger partial charge in [0.2, 0.25) is 0 Å². The van der Waals surface area contributed by atoms with Gasteiger partial charge >= 0.3 is 0 Å². The number of hydrogen-bond acceptors (Lipinski definition) is 3. The van der Waals surface area contributed by atoms with Crippen LogP contribution in [0, 0.1) is 0 Å². The fourth-order valence-corrected chi connectivity index (χ4v) is 3.62. The molecule has 1 aliphatic carbocycles. The summed E-state index contributed by atoms with van der Waals surface area (Å²) in [6.07, 6.45) is 5.66. The Morgan fingerprint density at radius 3 is 2.56 bits per heavy atom. The van der Waals surface area contributed by atoms with E-state index in [9.17, 15) is 0 Å². The van der Waals surface area contributed by atoms with Crippen LogP contribution in [0.1, 0.15) is 43.7 Å². The number of hydrogen-bond donors (Lipinski definition) is 1. The van der Waals surface area contributed by atoms with Gasteiger partial charge in [-0.2, -0.15) is 0 Å². The van der Waals surface area contributed by atoms with E-state index in [0.717, 1.165) is 35.4 Å². The maximum absolute atomic E-state index is 6.01. The van der Waals surface area contributed by atoms with E-state index in [1.54, 1.807) is 0 Å². The zero-order chi connectivity index (χ0) is 12.2. The second kappa shape index (κ2) is 3.87. The molecule has 2 aliphatic heterocycles. The number of ether oxygens (including phenoxy) is 2. The molecule has 18 heavy (non-hydrogen) atoms. The van der Waals surface area contributed by atoms with E-state index in [-0.39, 0.29) is 5.79 Å². The molecule has 1 aromatic rings. The highest BCUT2D eigenvalue weighted by Gasteiger charge is 2.47. The smallest absolute Gasteiger partial charge is 0.251 e. The van der Waals surface area contributed by atoms with E-state index >= 15 is 0 Å². The first-order valence-electron chi connectivity index (χ1n) is 6.71. The maximum atomic E-state index is 6.01. The zero-order valence-corrected chi connectivity index (χ0v) is 11.8. The minimum absolute atomic E-state index is 0.330. The third-order valence-corrected chi connectivity index (χ3v) is 4.89. The molecule has 1 spiro atoms. The molecule has 1 unspecified atom stereocenters. The van der Waals surface area contributed by atoms with E-state index in [4.69, 9.17) is 9.47 Å². The molecular formula is C14H16BrNO2. The monoisotopic (exact) mass is 309 g/mol. The van der Waals surface area contributed by atoms with Crippen molar-refractivity contribution in [2.24, 2.45) is 0 Å². The van der Waals surface area contributed by atoms with Crippen LogP contribution in [0.4, 0.5) is 0 Å². The lowest BCUT2D eigenvalue weighted by atomic mass is 9.91. The van der Waals surface area contributed by atoms with Gasteiger partial charge < -0.3 is 14.8 Å². The van der Waals surface area contributed by atoms with E-state index < -0.39 is 0 Å². The van der Waals surface area contributed by atoms with E-state index in [0.29, 0.717) is 6.04 Å². The van der Waals surface area contributed by atoms with Gasteiger partial charge in [0.05, 0.1) is 0 Å². The van der Waals surface area contributed by atoms with Crippen molar-refractivity contribution in [2.45, 2.75) is 43.9 Å². The SMILES string of the molecule is Brc1cc2c(cc1C1CCCN1)OC1(CCC1)O2. The summed E-state index contributed by atoms with van der Waals surface area (Å²) in [7, 11) is 0. The molecule has 2 fully saturated rings. The third-order valence-electron chi connectivity index (χ3n) is 4.21. The van der Waals surface area contributed by atoms with Crippen LogP contribution in [0.5, 0.6) is 11.5 Å². The van der Waals surface area contributed by atoms with Crippen LogP contribution in [0.25, 0.3) is 0 Å². The summed E-state index contributed by atoms with van der Waals surface area (Å²) in [6.45, 7) is 1.11. The molecule has 0 radical (unpaired) electrons. The molecular weight excluding hydrogens is 294 g/mol. The third kappa shape index (κ3) is 1.58. The second-order valence-electron chi connectivity index (χ2n) is 5.44. The summed E-state index contributed by atoms with van der Waals surface area (Å²) in [5.74, 6) is 1.48. The van der Waals surface area contributed by atoms with Crippen molar-refractivity contribution in [1.82, 2.24) is 5.32 Å². The largest absolute Gasteiger partial charge is 0.448 e. The van der Waals surface area contributed by atoms with Gasteiger partial charge in [0.25, 0.3) is 5.79 Å². The van der Waals surface area contributed by atoms with Crippen molar-refractivity contribution in [3.05, 3.63) is 22.2 Å². The van der Waals surface area contributed by atoms with Crippen LogP contribution in [0.3, 0.4) is 0 Å². The van der Waals surface area contributed by atoms with Crippen molar-refractivity contribution >= 4 is 15.9 Å². The Labute approximate surface area is 115 Å². The molecule has 1 saturated carbocycles. The molecule has 0 bridgehead atoms. The second-order valence-corrected chi connectivity index (χ2v) is 6.29. The molecule has 1 N–H and O–H groups in total. The average Bonchev–Trinajstić information content (AvgIpc) is 2.92. The summed E-state index contributed by atoms with van der Waals surface area (Å²) in [5, 5.41) is 3.53. The van der Waals surface area contributed by atoms with Crippen LogP contribution in [0.2, 0.25) is 0 Å². The predicted octanol–water partition coefficient (Wildman–Crippen LogP) is 3.53. The van der Waals surface area contributed by atoms with Crippen LogP contribution in [-0.4, -0.2) is 12.3 Å². The fraction of sp³-hybridized carbons (Fsp3) is 0.571. The number of benzene rings is 1. The Morgan fingerprint density at radius 1 is 1.17 bits per heavy atom. The summed E-state index contributed by atoms with van der Waals surface area (Å²) in [6, 6.07) is 4.67. The zero-order valence-electron chi connectivity index (χ0n) is 10.2. The Morgan fingerprint density at radius 2 is 1.94 bits per heavy atom. The molecule has 0 aromatic heterocycles. The Bertz CT molecular complexity index is 493. The van der Waals surface area contributed by atoms with Gasteiger partial charge in [-0.3, -0.25) is 0 Å². The van der Waals surface area contributed by atoms with Crippen molar-refractivity contribution in [2.75, 3.05) is 6.54 Å². The lowest BCUT2D eigenvalue weighted by Crippen LogP contribution is -2.45. The summed E-state index contributed by atoms with van der Waals surface area (Å²) in [4.78, 5) is 0. The Balaban J connectivity index is 1.69. The lowest BCUT2D eigenvalue weighted by Gasteiger charge is -2.35. The van der Waals surface area contributed by atoms with Crippen LogP contribution in [-0.2, 0) is 0 Å². The van der Waals surface area contributed by atoms with Crippen LogP contribution in [0.15, 0.2) is 16.6 Å². The average molecular weight is 310 g/mol. The van der Waals surface area contributed by atoms with E-state index in [1.165, 1.54) is 24.8 Å². The highest BCUT2D eigenvalue weighted by molar-refractivity contribution is 9.10. The summed E-state index contributed by atoms with van der Waals surface area (Å²) < 4.78 is 13.1. The van der Waals surface area contributed by atoms with E-state index in [2.05, 4.69) is 33.4 Å². The van der Waals surface area contributed by atoms with Gasteiger partial charge in [-0.15, -0.1) is 0 Å². The first-order chi connectivity index (χ1) is 8.76. The quantitative estimate of drug-likeness (QED) is 0.861. The minimum atomic E-state index is -0.330. The number of rotatable bonds is 1. The number of fused-ring (bicyclic) bond motifs is 1. The standard InChI is InChI=1S/C14H16BrNO2/c15-10-8-13-12(17-14(18-13)4-2-5-14)7-9(10)11-3-1-6-16-11/h7-8,11,16H,1-6H2. The molecule has 1 aromatic carbocycles. The van der Waals surface area contributed by atoms with E-state index in [1.807, 2.05) is 0 Å². The van der Waals surface area contributed by atoms with Crippen molar-refractivity contribution in [1.29, 1.82) is 0 Å². The first kappa shape index (κ1) is 11.1. The Kier molecular flexibility index (Phi) is 2.39. The molecule has 1 atom stereocenters. The van der Waals surface area contributed by atoms with Gasteiger partial charge in [-0.05, 0) is 43.5 Å². The van der Waals surface area contributed by atoms with Crippen molar-refractivity contribution < 1.29 is 9.47 Å². The summed E-state index contributed by atoms with van der Waals surface area (Å²) >= 11 is 3.66. The number of nitrogens with one attached hydrogen (secondary N) is 1. The van der Waals surface area contributed by atoms with Gasteiger partial charge in [0.15, 0.2) is 11.5 Å². The fourth-order valence-electron chi connectivity index (χ4n) is 3.02. The van der Waals surface area contributed by atoms with Crippen LogP contribution >= 0.6 is 15.9 Å². The van der Waals surface area contributed by atoms with Crippen molar-refractivity contribution in [3.8, 4) is 11.5 Å². The number of halogens is 1. The van der Waals surface area contributed by atoms with Crippen molar-refractivity contribution in [3.63, 3.8) is 0 Å². The van der Waals surface area contributed by atoms with Gasteiger partial charge in [-0.1, -0.05) is 15.9 Å². The highest BCUT2D eigenvalue weighted by Crippen LogP contribution is 2.50. The Hall–Kier alpha value is -0.740. The van der Waals surface area contributed by atoms with Crippen LogP contribution < -0.4 is 14.8 Å². The molecule has 4 rings (SSSR count). The normalized spacial score (nSPS) is 27.5. The van der Waals surface area contributed by atoms with Gasteiger partial charge in [0.1, 0.15) is 0 Å². The molecule has 3 aliphatic rings. The highest BCUT2D eigenvalue weighted by atomic mass is 79.9. The molecule has 1 saturated heterocycles. The molecule has 3 nitrogen and oxygen atoms in total. The summed E-state index contributed by atoms with van der Waals surface area (Å²) in [5.41, 5.74) is 1.30. The molecule has 96 valence electrons. The minimum Gasteiger partial charge on any atom is -0.448 e. The molecule has 0 amide bonds. The topological polar surface area (TPSA) is 30.5 Å². The lowest BCUT2D eigenvalue weighted by molar-refractivity contribution is -0.138. The predicted molar refractivity (Wildman–Crippen MR) is 72.0 cm³/mol. The molecule has 4 heteroatoms. The first-order valence-corrected chi connectivity index (χ1v) is 7.50. The maximum Gasteiger partial charge on any atom is 0.251 e. The molecule has 2 heterocycles. The van der Waals surface area contributed by atoms with Gasteiger partial charge in [0, 0.05) is 23.4 Å². The van der Waals surface area contributed by atoms with Gasteiger partial charge in [-0.25, -0.2) is 0 Å².